The van der Waals surface area contributed by atoms with Gasteiger partial charge in [-0.05, 0) is 31.1 Å². The maximum Gasteiger partial charge on any atom is 0.0344 e. The predicted octanol–water partition coefficient (Wildman–Crippen LogP) is 3.37. The number of nitrogens with two attached hydrogens (primary N) is 1. The second kappa shape index (κ2) is 5.35. The standard InChI is InChI=1S/C13H25N/c1-7-11(8-2)12(10(4)5)13(6,14)9-3/h7,9-12H,1,3,8,14H2,2,4-6H3. The first kappa shape index (κ1) is 13.4. The van der Waals surface area contributed by atoms with Crippen molar-refractivity contribution in [1.29, 1.82) is 0 Å². The Kier molecular flexibility index (Phi) is 5.14. The highest BCUT2D eigenvalue weighted by atomic mass is 14.7. The molecule has 0 saturated carbocycles. The van der Waals surface area contributed by atoms with E-state index in [1.54, 1.807) is 0 Å². The van der Waals surface area contributed by atoms with Crippen LogP contribution in [0.4, 0.5) is 0 Å². The van der Waals surface area contributed by atoms with Crippen LogP contribution in [0.25, 0.3) is 0 Å². The molecule has 1 nitrogen and oxygen atoms in total. The Labute approximate surface area is 89.1 Å². The highest BCUT2D eigenvalue weighted by Crippen LogP contribution is 2.33. The lowest BCUT2D eigenvalue weighted by Gasteiger charge is -2.39. The van der Waals surface area contributed by atoms with E-state index in [4.69, 9.17) is 5.73 Å². The predicted molar refractivity (Wildman–Crippen MR) is 65.1 cm³/mol. The molecule has 0 amide bonds. The molecule has 0 spiro atoms. The SMILES string of the molecule is C=CC(CC)C(C(C)C)C(C)(N)C=C. The van der Waals surface area contributed by atoms with Crippen LogP contribution in [-0.4, -0.2) is 5.54 Å². The van der Waals surface area contributed by atoms with E-state index < -0.39 is 0 Å². The van der Waals surface area contributed by atoms with Crippen LogP contribution in [0.1, 0.15) is 34.1 Å². The molecule has 3 unspecified atom stereocenters. The third kappa shape index (κ3) is 2.98. The van der Waals surface area contributed by atoms with Crippen LogP contribution in [-0.2, 0) is 0 Å². The molecule has 0 saturated heterocycles. The first-order valence-electron chi connectivity index (χ1n) is 5.45. The first-order chi connectivity index (χ1) is 6.40. The lowest BCUT2D eigenvalue weighted by Crippen LogP contribution is -2.47. The summed E-state index contributed by atoms with van der Waals surface area (Å²) in [5.74, 6) is 1.44. The third-order valence-corrected chi connectivity index (χ3v) is 3.11. The average molecular weight is 195 g/mol. The second-order valence-electron chi connectivity index (χ2n) is 4.65. The van der Waals surface area contributed by atoms with Crippen LogP contribution in [0, 0.1) is 17.8 Å². The fourth-order valence-electron chi connectivity index (χ4n) is 2.38. The Balaban J connectivity index is 4.92. The normalized spacial score (nSPS) is 19.9. The quantitative estimate of drug-likeness (QED) is 0.646. The van der Waals surface area contributed by atoms with Crippen molar-refractivity contribution in [2.45, 2.75) is 39.7 Å². The van der Waals surface area contributed by atoms with Gasteiger partial charge in [0.05, 0.1) is 0 Å². The zero-order chi connectivity index (χ0) is 11.4. The summed E-state index contributed by atoms with van der Waals surface area (Å²) in [5, 5.41) is 0. The molecule has 14 heavy (non-hydrogen) atoms. The van der Waals surface area contributed by atoms with Gasteiger partial charge in [-0.15, -0.1) is 13.2 Å². The molecule has 0 aliphatic rings. The monoisotopic (exact) mass is 195 g/mol. The fourth-order valence-corrected chi connectivity index (χ4v) is 2.38. The van der Waals surface area contributed by atoms with E-state index in [0.717, 1.165) is 6.42 Å². The van der Waals surface area contributed by atoms with Gasteiger partial charge in [-0.3, -0.25) is 0 Å². The number of allylic oxidation sites excluding steroid dienone is 1. The molecular weight excluding hydrogens is 170 g/mol. The first-order valence-corrected chi connectivity index (χ1v) is 5.45. The van der Waals surface area contributed by atoms with Gasteiger partial charge in [0.1, 0.15) is 0 Å². The van der Waals surface area contributed by atoms with Crippen LogP contribution in [0.3, 0.4) is 0 Å². The largest absolute Gasteiger partial charge is 0.322 e. The molecule has 0 fully saturated rings. The van der Waals surface area contributed by atoms with Crippen LogP contribution < -0.4 is 5.73 Å². The van der Waals surface area contributed by atoms with Crippen molar-refractivity contribution in [3.05, 3.63) is 25.3 Å². The molecule has 0 aliphatic carbocycles. The Morgan fingerprint density at radius 1 is 1.36 bits per heavy atom. The Morgan fingerprint density at radius 3 is 2.07 bits per heavy atom. The smallest absolute Gasteiger partial charge is 0.0344 e. The van der Waals surface area contributed by atoms with E-state index in [0.29, 0.717) is 17.8 Å². The molecule has 82 valence electrons. The number of hydrogen-bond acceptors (Lipinski definition) is 1. The van der Waals surface area contributed by atoms with Crippen molar-refractivity contribution >= 4 is 0 Å². The molecule has 0 aromatic rings. The maximum atomic E-state index is 6.25. The molecule has 0 aromatic heterocycles. The van der Waals surface area contributed by atoms with Crippen molar-refractivity contribution < 1.29 is 0 Å². The topological polar surface area (TPSA) is 26.0 Å². The van der Waals surface area contributed by atoms with Gasteiger partial charge in [-0.1, -0.05) is 32.9 Å². The zero-order valence-corrected chi connectivity index (χ0v) is 10.1. The van der Waals surface area contributed by atoms with Gasteiger partial charge in [0.15, 0.2) is 0 Å². The summed E-state index contributed by atoms with van der Waals surface area (Å²) < 4.78 is 0. The highest BCUT2D eigenvalue weighted by Gasteiger charge is 2.33. The molecule has 0 aliphatic heterocycles. The molecule has 0 aromatic carbocycles. The summed E-state index contributed by atoms with van der Waals surface area (Å²) in [5.41, 5.74) is 5.94. The van der Waals surface area contributed by atoms with E-state index in [2.05, 4.69) is 40.9 Å². The summed E-state index contributed by atoms with van der Waals surface area (Å²) >= 11 is 0. The van der Waals surface area contributed by atoms with Crippen molar-refractivity contribution in [3.63, 3.8) is 0 Å². The molecule has 0 rings (SSSR count). The molecular formula is C13H25N. The van der Waals surface area contributed by atoms with Gasteiger partial charge < -0.3 is 5.73 Å². The van der Waals surface area contributed by atoms with E-state index in [1.165, 1.54) is 0 Å². The molecule has 1 heteroatoms. The van der Waals surface area contributed by atoms with E-state index >= 15 is 0 Å². The van der Waals surface area contributed by atoms with E-state index in [9.17, 15) is 0 Å². The van der Waals surface area contributed by atoms with E-state index in [-0.39, 0.29) is 5.54 Å². The third-order valence-electron chi connectivity index (χ3n) is 3.11. The fraction of sp³-hybridized carbons (Fsp3) is 0.692. The van der Waals surface area contributed by atoms with Crippen molar-refractivity contribution in [2.75, 3.05) is 0 Å². The van der Waals surface area contributed by atoms with E-state index in [1.807, 2.05) is 12.2 Å². The summed E-state index contributed by atoms with van der Waals surface area (Å²) in [6.07, 6.45) is 4.98. The lowest BCUT2D eigenvalue weighted by atomic mass is 9.70. The number of hydrogen-bond donors (Lipinski definition) is 1. The summed E-state index contributed by atoms with van der Waals surface area (Å²) in [4.78, 5) is 0. The Bertz CT molecular complexity index is 191. The number of rotatable bonds is 6. The van der Waals surface area contributed by atoms with Gasteiger partial charge >= 0.3 is 0 Å². The molecule has 0 bridgehead atoms. The zero-order valence-electron chi connectivity index (χ0n) is 10.1. The molecule has 3 atom stereocenters. The van der Waals surface area contributed by atoms with Crippen LogP contribution in [0.5, 0.6) is 0 Å². The second-order valence-corrected chi connectivity index (χ2v) is 4.65. The van der Waals surface area contributed by atoms with Gasteiger partial charge in [0.2, 0.25) is 0 Å². The molecule has 2 N–H and O–H groups in total. The van der Waals surface area contributed by atoms with Gasteiger partial charge in [0.25, 0.3) is 0 Å². The molecule has 0 radical (unpaired) electrons. The minimum absolute atomic E-state index is 0.303. The minimum Gasteiger partial charge on any atom is -0.322 e. The van der Waals surface area contributed by atoms with Crippen molar-refractivity contribution in [1.82, 2.24) is 0 Å². The van der Waals surface area contributed by atoms with Crippen LogP contribution in [0.2, 0.25) is 0 Å². The van der Waals surface area contributed by atoms with Crippen LogP contribution >= 0.6 is 0 Å². The summed E-state index contributed by atoms with van der Waals surface area (Å²) in [6, 6.07) is 0. The van der Waals surface area contributed by atoms with Crippen molar-refractivity contribution in [2.24, 2.45) is 23.5 Å². The molecule has 0 heterocycles. The Hall–Kier alpha value is -0.560. The van der Waals surface area contributed by atoms with Crippen molar-refractivity contribution in [3.8, 4) is 0 Å². The summed E-state index contributed by atoms with van der Waals surface area (Å²) in [7, 11) is 0. The highest BCUT2D eigenvalue weighted by molar-refractivity contribution is 5.06. The van der Waals surface area contributed by atoms with Crippen LogP contribution in [0.15, 0.2) is 25.3 Å². The van der Waals surface area contributed by atoms with Gasteiger partial charge in [-0.2, -0.15) is 0 Å². The average Bonchev–Trinajstić information content (AvgIpc) is 2.12. The maximum absolute atomic E-state index is 6.25. The van der Waals surface area contributed by atoms with Gasteiger partial charge in [-0.25, -0.2) is 0 Å². The summed E-state index contributed by atoms with van der Waals surface area (Å²) in [6.45, 7) is 16.4. The Morgan fingerprint density at radius 2 is 1.86 bits per heavy atom. The lowest BCUT2D eigenvalue weighted by molar-refractivity contribution is 0.203. The van der Waals surface area contributed by atoms with Gasteiger partial charge in [0, 0.05) is 5.54 Å². The minimum atomic E-state index is -0.303.